The van der Waals surface area contributed by atoms with Gasteiger partial charge in [-0.3, -0.25) is 0 Å². The van der Waals surface area contributed by atoms with Crippen LogP contribution in [0.5, 0.6) is 0 Å². The molecule has 24 valence electrons. The van der Waals surface area contributed by atoms with Gasteiger partial charge in [-0.25, -0.2) is 0 Å². The summed E-state index contributed by atoms with van der Waals surface area (Å²) in [4.78, 5) is 0. The Hall–Kier alpha value is 0.985. The molecule has 0 aromatic carbocycles. The molecule has 0 N–H and O–H groups in total. The predicted molar refractivity (Wildman–Crippen MR) is 0 cm³/mol. The molecule has 4 heavy (non-hydrogen) atoms. The van der Waals surface area contributed by atoms with E-state index >= 15 is 0 Å². The van der Waals surface area contributed by atoms with Crippen molar-refractivity contribution >= 4 is 0 Å². The minimum atomic E-state index is 0. The summed E-state index contributed by atoms with van der Waals surface area (Å²) < 4.78 is 0. The Labute approximate surface area is 49.7 Å². The molecule has 0 nitrogen and oxygen atoms in total. The standard InChI is InChI=1S/3FH.La/h3*1H;/q;;;+3/p-3. The minimum absolute atomic E-state index is 0. The third-order valence-electron chi connectivity index (χ3n) is 0. The molecule has 0 unspecified atom stereocenters. The van der Waals surface area contributed by atoms with Crippen molar-refractivity contribution in [3.8, 4) is 0 Å². The Kier molecular flexibility index (Phi) is 747. The van der Waals surface area contributed by atoms with Crippen LogP contribution in [0.15, 0.2) is 0 Å². The summed E-state index contributed by atoms with van der Waals surface area (Å²) in [5, 5.41) is 0. The Morgan fingerprint density at radius 3 is 0.500 bits per heavy atom. The first-order chi connectivity index (χ1) is 0. The first kappa shape index (κ1) is 81.6. The molecule has 0 saturated heterocycles. The van der Waals surface area contributed by atoms with E-state index in [0.717, 1.165) is 0 Å². The second-order valence-electron chi connectivity index (χ2n) is 0. The van der Waals surface area contributed by atoms with Crippen LogP contribution in [-0.2, 0) is 0 Å². The molecule has 0 radical (unpaired) electrons. The monoisotopic (exact) mass is 196 g/mol. The first-order valence-corrected chi connectivity index (χ1v) is 0. The topological polar surface area (TPSA) is 0 Å². The molecule has 0 aliphatic carbocycles. The van der Waals surface area contributed by atoms with Crippen molar-refractivity contribution in [1.29, 1.82) is 0 Å². The van der Waals surface area contributed by atoms with Gasteiger partial charge in [-0.15, -0.1) is 0 Å². The van der Waals surface area contributed by atoms with Gasteiger partial charge in [-0.2, -0.15) is 0 Å². The second kappa shape index (κ2) is 36.6. The average Bonchev–Trinajstić information content (AvgIpc) is 0. The molecule has 0 aliphatic rings. The Morgan fingerprint density at radius 2 is 0.500 bits per heavy atom. The van der Waals surface area contributed by atoms with E-state index in [0.29, 0.717) is 0 Å². The number of halogens is 3. The van der Waals surface area contributed by atoms with Gasteiger partial charge in [-0.1, -0.05) is 0 Å². The summed E-state index contributed by atoms with van der Waals surface area (Å²) in [6, 6.07) is 0. The van der Waals surface area contributed by atoms with Crippen molar-refractivity contribution in [1.82, 2.24) is 0 Å². The third-order valence-corrected chi connectivity index (χ3v) is 0. The zero-order chi connectivity index (χ0) is 0. The summed E-state index contributed by atoms with van der Waals surface area (Å²) >= 11 is 0. The number of hydrogen-bond donors (Lipinski definition) is 0. The summed E-state index contributed by atoms with van der Waals surface area (Å²) in [7, 11) is 0. The average molecular weight is 196 g/mol. The largest absolute Gasteiger partial charge is 3.00 e. The van der Waals surface area contributed by atoms with Crippen molar-refractivity contribution in [3.05, 3.63) is 0 Å². The van der Waals surface area contributed by atoms with E-state index in [4.69, 9.17) is 0 Å². The summed E-state index contributed by atoms with van der Waals surface area (Å²) in [6.45, 7) is 0. The maximum Gasteiger partial charge on any atom is 3.00 e. The molecule has 0 saturated carbocycles. The Morgan fingerprint density at radius 1 is 0.500 bits per heavy atom. The van der Waals surface area contributed by atoms with Gasteiger partial charge in [0.05, 0.1) is 0 Å². The van der Waals surface area contributed by atoms with E-state index in [1.54, 1.807) is 0 Å². The fourth-order valence-electron chi connectivity index (χ4n) is 0. The van der Waals surface area contributed by atoms with Crippen LogP contribution in [0, 0.1) is 35.6 Å². The second-order valence-corrected chi connectivity index (χ2v) is 0. The molecule has 0 aliphatic heterocycles. The molecule has 0 spiro atoms. The summed E-state index contributed by atoms with van der Waals surface area (Å²) in [6.07, 6.45) is 0. The predicted octanol–water partition coefficient (Wildman–Crippen LogP) is -8.99. The van der Waals surface area contributed by atoms with Crippen LogP contribution < -0.4 is 14.1 Å². The van der Waals surface area contributed by atoms with E-state index in [1.165, 1.54) is 0 Å². The van der Waals surface area contributed by atoms with Gasteiger partial charge in [0.2, 0.25) is 0 Å². The summed E-state index contributed by atoms with van der Waals surface area (Å²) in [5.41, 5.74) is 0. The minimum Gasteiger partial charge on any atom is -1.00 e. The molecule has 4 heteroatoms. The van der Waals surface area contributed by atoms with Gasteiger partial charge < -0.3 is 14.1 Å². The van der Waals surface area contributed by atoms with E-state index in [1.807, 2.05) is 0 Å². The van der Waals surface area contributed by atoms with Crippen molar-refractivity contribution in [2.75, 3.05) is 0 Å². The Balaban J connectivity index is 0. The van der Waals surface area contributed by atoms with Gasteiger partial charge in [0.1, 0.15) is 0 Å². The molecular formula is F3La. The van der Waals surface area contributed by atoms with Gasteiger partial charge in [0.25, 0.3) is 0 Å². The smallest absolute Gasteiger partial charge is 1.00 e. The van der Waals surface area contributed by atoms with Gasteiger partial charge >= 0.3 is 35.6 Å². The summed E-state index contributed by atoms with van der Waals surface area (Å²) in [5.74, 6) is 0. The third kappa shape index (κ3) is 12.1. The van der Waals surface area contributed by atoms with Crippen LogP contribution in [0.25, 0.3) is 0 Å². The van der Waals surface area contributed by atoms with Gasteiger partial charge in [0.15, 0.2) is 0 Å². The number of rotatable bonds is 0. The normalized spacial score (nSPS) is 0. The number of hydrogen-bond acceptors (Lipinski definition) is 0. The molecule has 0 amide bonds. The van der Waals surface area contributed by atoms with Gasteiger partial charge in [-0.05, 0) is 0 Å². The van der Waals surface area contributed by atoms with E-state index in [2.05, 4.69) is 0 Å². The molecule has 0 heterocycles. The van der Waals surface area contributed by atoms with E-state index in [9.17, 15) is 0 Å². The van der Waals surface area contributed by atoms with Crippen LogP contribution in [-0.4, -0.2) is 0 Å². The maximum absolute atomic E-state index is 0. The molecule has 0 aromatic heterocycles. The first-order valence-electron chi connectivity index (χ1n) is 0. The van der Waals surface area contributed by atoms with E-state index in [-0.39, 0.29) is 49.7 Å². The van der Waals surface area contributed by atoms with Crippen molar-refractivity contribution in [3.63, 3.8) is 0 Å². The van der Waals surface area contributed by atoms with Crippen molar-refractivity contribution in [2.24, 2.45) is 0 Å². The fourth-order valence-corrected chi connectivity index (χ4v) is 0. The Bertz CT molecular complexity index is 3.25. The van der Waals surface area contributed by atoms with Crippen molar-refractivity contribution in [2.45, 2.75) is 0 Å². The van der Waals surface area contributed by atoms with Crippen LogP contribution in [0.3, 0.4) is 0 Å². The van der Waals surface area contributed by atoms with Crippen LogP contribution in [0.2, 0.25) is 0 Å². The van der Waals surface area contributed by atoms with Crippen LogP contribution >= 0.6 is 0 Å². The molecule has 0 fully saturated rings. The van der Waals surface area contributed by atoms with E-state index < -0.39 is 0 Å². The maximum atomic E-state index is 0. The van der Waals surface area contributed by atoms with Crippen molar-refractivity contribution < 1.29 is 49.7 Å². The molecule has 0 aromatic rings. The van der Waals surface area contributed by atoms with Gasteiger partial charge in [0, 0.05) is 0 Å². The zero-order valence-electron chi connectivity index (χ0n) is 1.71. The SMILES string of the molecule is [F-].[F-].[F-].[La+3]. The molecule has 0 atom stereocenters. The zero-order valence-corrected chi connectivity index (χ0v) is 5.34. The quantitative estimate of drug-likeness (QED) is 0.361. The molecular weight excluding hydrogens is 196 g/mol. The fraction of sp³-hybridized carbons (Fsp3) is 0. The van der Waals surface area contributed by atoms with Crippen LogP contribution in [0.1, 0.15) is 0 Å². The molecule has 0 rings (SSSR count). The molecule has 0 bridgehead atoms. The van der Waals surface area contributed by atoms with Crippen LogP contribution in [0.4, 0.5) is 0 Å².